The Morgan fingerprint density at radius 2 is 1.17 bits per heavy atom. The van der Waals surface area contributed by atoms with E-state index in [0.717, 1.165) is 6.07 Å². The van der Waals surface area contributed by atoms with Crippen LogP contribution in [0.25, 0.3) is 0 Å². The Bertz CT molecular complexity index is 875. The lowest BCUT2D eigenvalue weighted by Gasteiger charge is -1.93. The molecular formula is C16H7N5O2. The van der Waals surface area contributed by atoms with Crippen molar-refractivity contribution in [3.05, 3.63) is 74.8 Å². The van der Waals surface area contributed by atoms with Gasteiger partial charge in [0, 0.05) is 12.1 Å². The van der Waals surface area contributed by atoms with Crippen LogP contribution in [-0.2, 0) is 0 Å². The highest BCUT2D eigenvalue weighted by Crippen LogP contribution is 2.16. The normalized spacial score (nSPS) is 8.17. The highest BCUT2D eigenvalue weighted by Gasteiger charge is 2.09. The largest absolute Gasteiger partial charge is 0.270 e. The highest BCUT2D eigenvalue weighted by molar-refractivity contribution is 5.51. The summed E-state index contributed by atoms with van der Waals surface area (Å²) in [6.07, 6.45) is 0. The van der Waals surface area contributed by atoms with Crippen LogP contribution in [0, 0.1) is 55.4 Å². The van der Waals surface area contributed by atoms with Crippen LogP contribution in [0.5, 0.6) is 0 Å². The van der Waals surface area contributed by atoms with E-state index in [1.807, 2.05) is 12.1 Å². The summed E-state index contributed by atoms with van der Waals surface area (Å²) in [4.78, 5) is 9.67. The molecule has 0 aliphatic rings. The first-order valence-electron chi connectivity index (χ1n) is 6.05. The van der Waals surface area contributed by atoms with E-state index < -0.39 is 4.92 Å². The first kappa shape index (κ1) is 16.9. The van der Waals surface area contributed by atoms with E-state index in [1.54, 1.807) is 36.4 Å². The van der Waals surface area contributed by atoms with E-state index in [0.29, 0.717) is 11.1 Å². The van der Waals surface area contributed by atoms with E-state index in [-0.39, 0.29) is 16.8 Å². The standard InChI is InChI=1S/C8H3N3O2.C8H4N2/c9-4-6-1-2-8(11(12)13)3-7(6)5-10;9-5-7-3-1-2-4-8(7)6-10/h1-3H;1-4H. The van der Waals surface area contributed by atoms with Crippen LogP contribution in [0.15, 0.2) is 42.5 Å². The maximum atomic E-state index is 10.3. The Morgan fingerprint density at radius 3 is 1.57 bits per heavy atom. The molecule has 0 bridgehead atoms. The molecule has 2 aromatic rings. The van der Waals surface area contributed by atoms with Gasteiger partial charge in [-0.05, 0) is 18.2 Å². The van der Waals surface area contributed by atoms with Crippen molar-refractivity contribution >= 4 is 5.69 Å². The Balaban J connectivity index is 0.000000238. The lowest BCUT2D eigenvalue weighted by atomic mass is 10.1. The molecule has 0 N–H and O–H groups in total. The number of hydrogen-bond acceptors (Lipinski definition) is 6. The smallest absolute Gasteiger partial charge is 0.258 e. The summed E-state index contributed by atoms with van der Waals surface area (Å²) >= 11 is 0. The topological polar surface area (TPSA) is 138 Å². The number of nitro groups is 1. The molecule has 0 heterocycles. The van der Waals surface area contributed by atoms with Gasteiger partial charge in [0.15, 0.2) is 0 Å². The van der Waals surface area contributed by atoms with Gasteiger partial charge in [-0.15, -0.1) is 0 Å². The minimum absolute atomic E-state index is 0.0247. The molecule has 108 valence electrons. The summed E-state index contributed by atoms with van der Waals surface area (Å²) in [6.45, 7) is 0. The minimum atomic E-state index is -0.609. The predicted molar refractivity (Wildman–Crippen MR) is 78.4 cm³/mol. The molecule has 0 saturated carbocycles. The lowest BCUT2D eigenvalue weighted by Crippen LogP contribution is -1.90. The fourth-order valence-electron chi connectivity index (χ4n) is 1.51. The molecule has 0 aliphatic carbocycles. The van der Waals surface area contributed by atoms with Crippen molar-refractivity contribution < 1.29 is 4.92 Å². The maximum absolute atomic E-state index is 10.3. The van der Waals surface area contributed by atoms with Crippen molar-refractivity contribution in [1.82, 2.24) is 0 Å². The van der Waals surface area contributed by atoms with Crippen molar-refractivity contribution in [2.45, 2.75) is 0 Å². The molecule has 0 aliphatic heterocycles. The maximum Gasteiger partial charge on any atom is 0.270 e. The summed E-state index contributed by atoms with van der Waals surface area (Å²) in [6, 6.07) is 17.6. The molecule has 23 heavy (non-hydrogen) atoms. The van der Waals surface area contributed by atoms with Gasteiger partial charge in [-0.25, -0.2) is 0 Å². The molecule has 2 rings (SSSR count). The third-order valence-electron chi connectivity index (χ3n) is 2.62. The quantitative estimate of drug-likeness (QED) is 0.586. The number of benzene rings is 2. The van der Waals surface area contributed by atoms with Gasteiger partial charge in [0.1, 0.15) is 24.3 Å². The molecule has 2 aromatic carbocycles. The zero-order valence-electron chi connectivity index (χ0n) is 11.6. The summed E-state index contributed by atoms with van der Waals surface area (Å²) in [5.41, 5.74) is 0.857. The number of non-ortho nitro benzene ring substituents is 1. The van der Waals surface area contributed by atoms with E-state index in [1.165, 1.54) is 12.1 Å². The molecule has 0 saturated heterocycles. The number of rotatable bonds is 1. The van der Waals surface area contributed by atoms with Gasteiger partial charge >= 0.3 is 0 Å². The Morgan fingerprint density at radius 1 is 0.739 bits per heavy atom. The van der Waals surface area contributed by atoms with Crippen LogP contribution in [0.1, 0.15) is 22.3 Å². The zero-order chi connectivity index (χ0) is 17.2. The second kappa shape index (κ2) is 8.17. The van der Waals surface area contributed by atoms with Gasteiger partial charge in [-0.1, -0.05) is 12.1 Å². The predicted octanol–water partition coefficient (Wildman–Crippen LogP) is 2.77. The van der Waals surface area contributed by atoms with Gasteiger partial charge in [0.25, 0.3) is 5.69 Å². The first-order valence-corrected chi connectivity index (χ1v) is 6.05. The highest BCUT2D eigenvalue weighted by atomic mass is 16.6. The van der Waals surface area contributed by atoms with Gasteiger partial charge in [-0.3, -0.25) is 10.1 Å². The monoisotopic (exact) mass is 301 g/mol. The molecule has 0 spiro atoms. The molecule has 7 heteroatoms. The summed E-state index contributed by atoms with van der Waals surface area (Å²) in [5, 5.41) is 44.2. The SMILES string of the molecule is N#Cc1ccc([N+](=O)[O-])cc1C#N.N#Cc1ccccc1C#N. The van der Waals surface area contributed by atoms with Gasteiger partial charge in [0.2, 0.25) is 0 Å². The summed E-state index contributed by atoms with van der Waals surface area (Å²) in [7, 11) is 0. The van der Waals surface area contributed by atoms with Crippen molar-refractivity contribution in [2.24, 2.45) is 0 Å². The molecule has 7 nitrogen and oxygen atoms in total. The Kier molecular flexibility index (Phi) is 5.99. The number of nitrogens with zero attached hydrogens (tertiary/aromatic N) is 5. The summed E-state index contributed by atoms with van der Waals surface area (Å²) < 4.78 is 0. The van der Waals surface area contributed by atoms with Crippen LogP contribution in [-0.4, -0.2) is 4.92 Å². The second-order valence-electron chi connectivity index (χ2n) is 3.98. The van der Waals surface area contributed by atoms with Crippen molar-refractivity contribution in [1.29, 1.82) is 21.0 Å². The minimum Gasteiger partial charge on any atom is -0.258 e. The molecule has 0 atom stereocenters. The second-order valence-corrected chi connectivity index (χ2v) is 3.98. The van der Waals surface area contributed by atoms with Gasteiger partial charge < -0.3 is 0 Å². The zero-order valence-corrected chi connectivity index (χ0v) is 11.6. The van der Waals surface area contributed by atoms with Gasteiger partial charge in [0.05, 0.1) is 27.2 Å². The number of hydrogen-bond donors (Lipinski definition) is 0. The third kappa shape index (κ3) is 4.39. The average Bonchev–Trinajstić information content (AvgIpc) is 2.61. The fraction of sp³-hybridized carbons (Fsp3) is 0. The fourth-order valence-corrected chi connectivity index (χ4v) is 1.51. The molecule has 0 fully saturated rings. The van der Waals surface area contributed by atoms with Crippen LogP contribution < -0.4 is 0 Å². The van der Waals surface area contributed by atoms with Crippen LogP contribution in [0.3, 0.4) is 0 Å². The molecule has 0 amide bonds. The summed E-state index contributed by atoms with van der Waals surface area (Å²) in [5.74, 6) is 0. The molecule has 0 radical (unpaired) electrons. The van der Waals surface area contributed by atoms with Crippen molar-refractivity contribution in [3.8, 4) is 24.3 Å². The Hall–Kier alpha value is -4.20. The van der Waals surface area contributed by atoms with E-state index in [9.17, 15) is 10.1 Å². The number of nitriles is 4. The molecule has 0 unspecified atom stereocenters. The van der Waals surface area contributed by atoms with Crippen molar-refractivity contribution in [3.63, 3.8) is 0 Å². The van der Waals surface area contributed by atoms with Gasteiger partial charge in [-0.2, -0.15) is 21.0 Å². The lowest BCUT2D eigenvalue weighted by molar-refractivity contribution is -0.384. The van der Waals surface area contributed by atoms with E-state index in [4.69, 9.17) is 21.0 Å². The van der Waals surface area contributed by atoms with Crippen LogP contribution in [0.2, 0.25) is 0 Å². The number of nitro benzene ring substituents is 1. The molecule has 0 aromatic heterocycles. The van der Waals surface area contributed by atoms with E-state index in [2.05, 4.69) is 0 Å². The van der Waals surface area contributed by atoms with Crippen LogP contribution in [0.4, 0.5) is 5.69 Å². The average molecular weight is 301 g/mol. The molecular weight excluding hydrogens is 294 g/mol. The van der Waals surface area contributed by atoms with Crippen molar-refractivity contribution in [2.75, 3.05) is 0 Å². The Labute approximate surface area is 131 Å². The first-order chi connectivity index (χ1) is 11.1. The third-order valence-corrected chi connectivity index (χ3v) is 2.62. The van der Waals surface area contributed by atoms with Crippen LogP contribution >= 0.6 is 0 Å². The van der Waals surface area contributed by atoms with E-state index >= 15 is 0 Å².